The van der Waals surface area contributed by atoms with Crippen molar-refractivity contribution in [2.24, 2.45) is 0 Å². The molecule has 0 aliphatic rings. The molecule has 1 aromatic rings. The minimum atomic E-state index is 1.22. The number of rotatable bonds is 50. The van der Waals surface area contributed by atoms with Gasteiger partial charge in [-0.25, -0.2) is 0 Å². The van der Waals surface area contributed by atoms with Gasteiger partial charge in [0.2, 0.25) is 0 Å². The summed E-state index contributed by atoms with van der Waals surface area (Å²) in [6.45, 7) is 9.32. The van der Waals surface area contributed by atoms with Crippen molar-refractivity contribution in [1.82, 2.24) is 0 Å². The monoisotopic (exact) mass is 889 g/mol. The molecule has 1 aromatic carbocycles. The first-order valence-corrected chi connectivity index (χ1v) is 30.8. The molecular formula is C57H108S3. The summed E-state index contributed by atoms with van der Waals surface area (Å²) in [5.41, 5.74) is 1.59. The Balaban J connectivity index is 2.49. The Morgan fingerprint density at radius 2 is 0.467 bits per heavy atom. The zero-order valence-electron chi connectivity index (χ0n) is 41.6. The van der Waals surface area contributed by atoms with Crippen LogP contribution in [0.2, 0.25) is 0 Å². The fourth-order valence-corrected chi connectivity index (χ4v) is 12.7. The third-order valence-corrected chi connectivity index (χ3v) is 16.6. The molecule has 0 aliphatic carbocycles. The van der Waals surface area contributed by atoms with Crippen molar-refractivity contribution in [2.75, 3.05) is 17.3 Å². The normalized spacial score (nSPS) is 11.7. The highest BCUT2D eigenvalue weighted by atomic mass is 32.2. The van der Waals surface area contributed by atoms with Gasteiger partial charge in [0.1, 0.15) is 0 Å². The minimum absolute atomic E-state index is 1.22. The Kier molecular flexibility index (Phi) is 47.3. The summed E-state index contributed by atoms with van der Waals surface area (Å²) >= 11 is 6.62. The molecule has 354 valence electrons. The molecule has 1 rings (SSSR count). The summed E-state index contributed by atoms with van der Waals surface area (Å²) in [6, 6.07) is 5.23. The molecule has 0 amide bonds. The average molecular weight is 890 g/mol. The van der Waals surface area contributed by atoms with Crippen LogP contribution in [-0.4, -0.2) is 17.3 Å². The largest absolute Gasteiger partial charge is 0.125 e. The Bertz CT molecular complexity index is 919. The van der Waals surface area contributed by atoms with Crippen molar-refractivity contribution >= 4 is 35.3 Å². The zero-order valence-corrected chi connectivity index (χ0v) is 44.1. The van der Waals surface area contributed by atoms with E-state index in [1.54, 1.807) is 20.2 Å². The number of hydrogen-bond donors (Lipinski definition) is 0. The van der Waals surface area contributed by atoms with Crippen LogP contribution in [0, 0.1) is 0 Å². The smallest absolute Gasteiger partial charge is 0.0344 e. The summed E-state index contributed by atoms with van der Waals surface area (Å²) in [5.74, 6) is 3.89. The first-order chi connectivity index (χ1) is 29.8. The molecule has 0 aliphatic heterocycles. The van der Waals surface area contributed by atoms with E-state index in [-0.39, 0.29) is 0 Å². The lowest BCUT2D eigenvalue weighted by Crippen LogP contribution is -1.94. The summed E-state index contributed by atoms with van der Waals surface area (Å²) in [4.78, 5) is 4.89. The van der Waals surface area contributed by atoms with Crippen molar-refractivity contribution in [3.8, 4) is 0 Å². The van der Waals surface area contributed by atoms with E-state index in [1.807, 2.05) is 0 Å². The van der Waals surface area contributed by atoms with E-state index >= 15 is 0 Å². The third-order valence-electron chi connectivity index (χ3n) is 12.9. The van der Waals surface area contributed by atoms with Gasteiger partial charge in [0.25, 0.3) is 0 Å². The molecular weight excluding hydrogens is 781 g/mol. The van der Waals surface area contributed by atoms with Crippen LogP contribution in [0.15, 0.2) is 26.8 Å². The molecule has 60 heavy (non-hydrogen) atoms. The number of thioether (sulfide) groups is 3. The zero-order chi connectivity index (χ0) is 43.1. The Labute approximate surface area is 392 Å². The molecule has 0 saturated heterocycles. The van der Waals surface area contributed by atoms with E-state index in [4.69, 9.17) is 0 Å². The number of benzene rings is 1. The molecule has 0 aromatic heterocycles. The van der Waals surface area contributed by atoms with E-state index < -0.39 is 0 Å². The lowest BCUT2D eigenvalue weighted by Gasteiger charge is -2.17. The second-order valence-corrected chi connectivity index (χ2v) is 22.4. The van der Waals surface area contributed by atoms with Gasteiger partial charge in [-0.1, -0.05) is 285 Å². The quantitative estimate of drug-likeness (QED) is 0.0473. The Morgan fingerprint density at radius 1 is 0.250 bits per heavy atom. The maximum Gasteiger partial charge on any atom is 0.0344 e. The topological polar surface area (TPSA) is 0 Å². The molecule has 0 nitrogen and oxygen atoms in total. The summed E-state index contributed by atoms with van der Waals surface area (Å²) < 4.78 is 0. The fraction of sp³-hybridized carbons (Fsp3) is 0.895. The molecule has 0 fully saturated rings. The number of aryl methyl sites for hydroxylation is 1. The van der Waals surface area contributed by atoms with Crippen LogP contribution < -0.4 is 0 Å². The van der Waals surface area contributed by atoms with E-state index in [0.717, 1.165) is 0 Å². The van der Waals surface area contributed by atoms with Crippen molar-refractivity contribution in [3.05, 3.63) is 17.7 Å². The van der Waals surface area contributed by atoms with Gasteiger partial charge in [-0.3, -0.25) is 0 Å². The lowest BCUT2D eigenvalue weighted by molar-refractivity contribution is 0.538. The second kappa shape index (κ2) is 48.7. The molecule has 0 atom stereocenters. The van der Waals surface area contributed by atoms with Crippen molar-refractivity contribution < 1.29 is 0 Å². The van der Waals surface area contributed by atoms with Gasteiger partial charge in [0.05, 0.1) is 0 Å². The molecule has 0 heterocycles. The van der Waals surface area contributed by atoms with Gasteiger partial charge in [0.15, 0.2) is 0 Å². The standard InChI is InChI=1S/C57H108S3/c1-5-9-12-15-18-21-24-27-30-33-36-39-42-45-49-58-55-52-54(48-8-4)53-56(59-50-46-43-40-37-34-31-28-25-22-19-16-13-10-6-2)57(55)60-51-47-44-41-38-35-32-29-26-23-20-17-14-11-7-3/h52-53H,5-51H2,1-4H3. The SMILES string of the molecule is CCCCCCCCCCCCCCCCSc1cc(CCC)cc(SCCCCCCCCCCCCCCCC)c1SCCCCCCCCCCCCCCCC. The molecule has 0 N–H and O–H groups in total. The first kappa shape index (κ1) is 58.3. The van der Waals surface area contributed by atoms with E-state index in [2.05, 4.69) is 75.1 Å². The van der Waals surface area contributed by atoms with Gasteiger partial charge in [-0.2, -0.15) is 0 Å². The summed E-state index contributed by atoms with van der Waals surface area (Å²) in [5, 5.41) is 0. The highest BCUT2D eigenvalue weighted by Gasteiger charge is 2.14. The molecule has 0 bridgehead atoms. The van der Waals surface area contributed by atoms with Gasteiger partial charge >= 0.3 is 0 Å². The van der Waals surface area contributed by atoms with Crippen LogP contribution in [0.4, 0.5) is 0 Å². The highest BCUT2D eigenvalue weighted by molar-refractivity contribution is 8.03. The lowest BCUT2D eigenvalue weighted by atomic mass is 10.0. The molecule has 3 heteroatoms. The Morgan fingerprint density at radius 3 is 0.700 bits per heavy atom. The van der Waals surface area contributed by atoms with Crippen LogP contribution >= 0.6 is 35.3 Å². The molecule has 0 unspecified atom stereocenters. The first-order valence-electron chi connectivity index (χ1n) is 27.8. The summed E-state index contributed by atoms with van der Waals surface area (Å²) in [6.07, 6.45) is 63.1. The van der Waals surface area contributed by atoms with E-state index in [1.165, 1.54) is 300 Å². The van der Waals surface area contributed by atoms with Crippen LogP contribution in [0.25, 0.3) is 0 Å². The van der Waals surface area contributed by atoms with Crippen LogP contribution in [0.3, 0.4) is 0 Å². The van der Waals surface area contributed by atoms with Gasteiger partial charge in [-0.05, 0) is 60.6 Å². The Hall–Kier alpha value is 0.270. The van der Waals surface area contributed by atoms with Gasteiger partial charge in [0, 0.05) is 14.7 Å². The number of unbranched alkanes of at least 4 members (excludes halogenated alkanes) is 39. The second-order valence-electron chi connectivity index (χ2n) is 19.0. The maximum atomic E-state index is 2.61. The predicted octanol–water partition coefficient (Wildman–Crippen LogP) is 22.4. The maximum absolute atomic E-state index is 2.61. The van der Waals surface area contributed by atoms with Crippen molar-refractivity contribution in [3.63, 3.8) is 0 Å². The summed E-state index contributed by atoms with van der Waals surface area (Å²) in [7, 11) is 0. The van der Waals surface area contributed by atoms with Crippen molar-refractivity contribution in [1.29, 1.82) is 0 Å². The molecule has 0 radical (unpaired) electrons. The molecule has 0 saturated carbocycles. The van der Waals surface area contributed by atoms with Gasteiger partial charge < -0.3 is 0 Å². The predicted molar refractivity (Wildman–Crippen MR) is 284 cm³/mol. The fourth-order valence-electron chi connectivity index (χ4n) is 8.85. The van der Waals surface area contributed by atoms with Crippen LogP contribution in [0.1, 0.15) is 309 Å². The van der Waals surface area contributed by atoms with E-state index in [0.29, 0.717) is 0 Å². The van der Waals surface area contributed by atoms with Gasteiger partial charge in [-0.15, -0.1) is 35.3 Å². The highest BCUT2D eigenvalue weighted by Crippen LogP contribution is 2.41. The number of hydrogen-bond acceptors (Lipinski definition) is 3. The van der Waals surface area contributed by atoms with Crippen molar-refractivity contribution in [2.45, 2.75) is 325 Å². The van der Waals surface area contributed by atoms with E-state index in [9.17, 15) is 0 Å². The molecule has 0 spiro atoms. The van der Waals surface area contributed by atoms with Crippen LogP contribution in [0.5, 0.6) is 0 Å². The minimum Gasteiger partial charge on any atom is -0.125 e. The third kappa shape index (κ3) is 38.7. The average Bonchev–Trinajstić information content (AvgIpc) is 3.25. The van der Waals surface area contributed by atoms with Crippen LogP contribution in [-0.2, 0) is 6.42 Å².